The number of methoxy groups -OCH3 is 1. The number of rotatable bonds is 6. The maximum absolute atomic E-state index is 12.3. The van der Waals surface area contributed by atoms with Gasteiger partial charge in [-0.3, -0.25) is 19.3 Å². The van der Waals surface area contributed by atoms with Gasteiger partial charge in [-0.15, -0.1) is 21.5 Å². The quantitative estimate of drug-likeness (QED) is 0.370. The first kappa shape index (κ1) is 18.6. The lowest BCUT2D eigenvalue weighted by Gasteiger charge is -2.03. The number of carbonyl (C=O) groups excluding carboxylic acids is 1. The molecule has 0 radical (unpaired) electrons. The summed E-state index contributed by atoms with van der Waals surface area (Å²) in [7, 11) is 1.55. The van der Waals surface area contributed by atoms with Crippen LogP contribution in [0.4, 0.5) is 5.13 Å². The van der Waals surface area contributed by atoms with E-state index in [2.05, 4.69) is 20.5 Å². The number of aromatic nitrogens is 4. The van der Waals surface area contributed by atoms with Crippen molar-refractivity contribution in [2.45, 2.75) is 10.1 Å². The minimum Gasteiger partial charge on any atom is -0.497 e. The Morgan fingerprint density at radius 3 is 3.07 bits per heavy atom. The molecule has 0 spiro atoms. The Balaban J connectivity index is 1.41. The van der Waals surface area contributed by atoms with Crippen molar-refractivity contribution >= 4 is 50.4 Å². The van der Waals surface area contributed by atoms with Crippen LogP contribution in [0.1, 0.15) is 16.1 Å². The summed E-state index contributed by atoms with van der Waals surface area (Å²) in [6.07, 6.45) is 1.70. The number of fused-ring (bicyclic) bond motifs is 1. The number of thiazole rings is 1. The van der Waals surface area contributed by atoms with Gasteiger partial charge in [-0.25, -0.2) is 4.98 Å². The second kappa shape index (κ2) is 8.09. The number of hydrogen-bond donors (Lipinski definition) is 1. The molecule has 0 saturated carbocycles. The number of carbonyl (C=O) groups is 1. The number of thioether (sulfide) groups is 1. The molecule has 1 amide bonds. The number of nitrogens with zero attached hydrogens (tertiary/aromatic N) is 4. The average Bonchev–Trinajstić information content (AvgIpc) is 3.36. The zero-order chi connectivity index (χ0) is 19.5. The summed E-state index contributed by atoms with van der Waals surface area (Å²) >= 11 is 4.08. The van der Waals surface area contributed by atoms with E-state index in [9.17, 15) is 9.59 Å². The van der Waals surface area contributed by atoms with Crippen molar-refractivity contribution in [2.75, 3.05) is 12.4 Å². The van der Waals surface area contributed by atoms with E-state index in [1.165, 1.54) is 44.9 Å². The monoisotopic (exact) mass is 431 g/mol. The highest BCUT2D eigenvalue weighted by molar-refractivity contribution is 8.00. The van der Waals surface area contributed by atoms with E-state index in [-0.39, 0.29) is 11.5 Å². The largest absolute Gasteiger partial charge is 0.497 e. The Morgan fingerprint density at radius 2 is 2.21 bits per heavy atom. The number of amides is 1. The normalized spacial score (nSPS) is 10.9. The molecule has 0 aliphatic carbocycles. The highest BCUT2D eigenvalue weighted by Crippen LogP contribution is 2.28. The third-order valence-corrected chi connectivity index (χ3v) is 6.42. The van der Waals surface area contributed by atoms with Gasteiger partial charge >= 0.3 is 0 Å². The topological polar surface area (TPSA) is 98.5 Å². The Morgan fingerprint density at radius 1 is 1.32 bits per heavy atom. The third kappa shape index (κ3) is 4.06. The molecule has 3 heterocycles. The van der Waals surface area contributed by atoms with Crippen molar-refractivity contribution in [3.63, 3.8) is 0 Å². The van der Waals surface area contributed by atoms with Gasteiger partial charge in [-0.1, -0.05) is 29.2 Å². The third-order valence-electron chi connectivity index (χ3n) is 3.66. The van der Waals surface area contributed by atoms with Gasteiger partial charge < -0.3 is 4.74 Å². The van der Waals surface area contributed by atoms with Gasteiger partial charge in [0.2, 0.25) is 5.13 Å². The first-order valence-corrected chi connectivity index (χ1v) is 10.7. The Hall–Kier alpha value is -2.76. The number of ether oxygens (including phenoxy) is 1. The predicted molar refractivity (Wildman–Crippen MR) is 110 cm³/mol. The minimum atomic E-state index is -0.288. The molecule has 0 aliphatic heterocycles. The standard InChI is InChI=1S/C17H13N5O3S3/c1-25-12-4-2-3-10(7-12)14(24)19-15-20-21-17(28-15)27-9-11-8-13(23)22-5-6-26-16(22)18-11/h2-8H,9H2,1H3,(H,19,20,24). The molecule has 8 nitrogen and oxygen atoms in total. The van der Waals surface area contributed by atoms with Gasteiger partial charge in [-0.2, -0.15) is 0 Å². The number of hydrogen-bond acceptors (Lipinski definition) is 9. The summed E-state index contributed by atoms with van der Waals surface area (Å²) in [4.78, 5) is 29.5. The SMILES string of the molecule is COc1cccc(C(=O)Nc2nnc(SCc3cc(=O)n4ccsc4n3)s2)c1. The molecule has 0 aliphatic rings. The van der Waals surface area contributed by atoms with E-state index >= 15 is 0 Å². The molecule has 28 heavy (non-hydrogen) atoms. The molecular weight excluding hydrogens is 418 g/mol. The van der Waals surface area contributed by atoms with Crippen LogP contribution in [-0.4, -0.2) is 32.6 Å². The maximum atomic E-state index is 12.3. The molecule has 4 aromatic rings. The Kier molecular flexibility index (Phi) is 5.37. The molecular formula is C17H13N5O3S3. The van der Waals surface area contributed by atoms with Crippen LogP contribution < -0.4 is 15.6 Å². The van der Waals surface area contributed by atoms with Crippen LogP contribution >= 0.6 is 34.4 Å². The molecule has 11 heteroatoms. The molecule has 0 atom stereocenters. The lowest BCUT2D eigenvalue weighted by atomic mass is 10.2. The van der Waals surface area contributed by atoms with E-state index in [1.807, 2.05) is 5.38 Å². The number of benzene rings is 1. The molecule has 4 rings (SSSR count). The Labute approximate surface area is 171 Å². The molecule has 3 aromatic heterocycles. The van der Waals surface area contributed by atoms with Gasteiger partial charge in [0, 0.05) is 29.0 Å². The summed E-state index contributed by atoms with van der Waals surface area (Å²) in [6, 6.07) is 8.37. The van der Waals surface area contributed by atoms with E-state index in [0.29, 0.717) is 37.2 Å². The van der Waals surface area contributed by atoms with Gasteiger partial charge in [0.1, 0.15) is 5.75 Å². The highest BCUT2D eigenvalue weighted by atomic mass is 32.2. The van der Waals surface area contributed by atoms with Crippen LogP contribution in [0, 0.1) is 0 Å². The van der Waals surface area contributed by atoms with Crippen LogP contribution in [-0.2, 0) is 5.75 Å². The van der Waals surface area contributed by atoms with Gasteiger partial charge in [-0.05, 0) is 18.2 Å². The van der Waals surface area contributed by atoms with Crippen molar-refractivity contribution in [1.29, 1.82) is 0 Å². The predicted octanol–water partition coefficient (Wildman–Crippen LogP) is 3.16. The molecule has 1 N–H and O–H groups in total. The van der Waals surface area contributed by atoms with Crippen molar-refractivity contribution in [3.8, 4) is 5.75 Å². The summed E-state index contributed by atoms with van der Waals surface area (Å²) in [5, 5.41) is 13.0. The Bertz CT molecular complexity index is 1200. The van der Waals surface area contributed by atoms with Crippen molar-refractivity contribution in [2.24, 2.45) is 0 Å². The maximum Gasteiger partial charge on any atom is 0.258 e. The zero-order valence-electron chi connectivity index (χ0n) is 14.5. The van der Waals surface area contributed by atoms with Gasteiger partial charge in [0.25, 0.3) is 11.5 Å². The number of nitrogens with one attached hydrogen (secondary N) is 1. The summed E-state index contributed by atoms with van der Waals surface area (Å²) in [5.41, 5.74) is 1.04. The lowest BCUT2D eigenvalue weighted by Crippen LogP contribution is -2.12. The first-order valence-electron chi connectivity index (χ1n) is 8.00. The lowest BCUT2D eigenvalue weighted by molar-refractivity contribution is 0.102. The molecule has 0 saturated heterocycles. The molecule has 0 unspecified atom stereocenters. The zero-order valence-corrected chi connectivity index (χ0v) is 16.9. The van der Waals surface area contributed by atoms with E-state index in [0.717, 1.165) is 0 Å². The fourth-order valence-corrected chi connectivity index (χ4v) is 4.73. The van der Waals surface area contributed by atoms with Crippen LogP contribution in [0.15, 0.2) is 51.0 Å². The van der Waals surface area contributed by atoms with Crippen LogP contribution in [0.2, 0.25) is 0 Å². The van der Waals surface area contributed by atoms with Gasteiger partial charge in [0.15, 0.2) is 9.30 Å². The highest BCUT2D eigenvalue weighted by Gasteiger charge is 2.12. The summed E-state index contributed by atoms with van der Waals surface area (Å²) in [6.45, 7) is 0. The first-order chi connectivity index (χ1) is 13.6. The fourth-order valence-electron chi connectivity index (χ4n) is 2.35. The summed E-state index contributed by atoms with van der Waals surface area (Å²) < 4.78 is 7.31. The molecule has 0 fully saturated rings. The van der Waals surface area contributed by atoms with Crippen LogP contribution in [0.5, 0.6) is 5.75 Å². The second-order valence-corrected chi connectivity index (χ2v) is 8.56. The van der Waals surface area contributed by atoms with Crippen LogP contribution in [0.25, 0.3) is 4.96 Å². The van der Waals surface area contributed by atoms with E-state index in [1.54, 1.807) is 37.6 Å². The second-order valence-electron chi connectivity index (χ2n) is 5.49. The summed E-state index contributed by atoms with van der Waals surface area (Å²) in [5.74, 6) is 0.805. The van der Waals surface area contributed by atoms with Crippen molar-refractivity contribution < 1.29 is 9.53 Å². The molecule has 142 valence electrons. The average molecular weight is 432 g/mol. The van der Waals surface area contributed by atoms with Crippen molar-refractivity contribution in [1.82, 2.24) is 19.6 Å². The van der Waals surface area contributed by atoms with Crippen molar-refractivity contribution in [3.05, 3.63) is 63.5 Å². The fraction of sp³-hybridized carbons (Fsp3) is 0.118. The smallest absolute Gasteiger partial charge is 0.258 e. The van der Waals surface area contributed by atoms with Crippen LogP contribution in [0.3, 0.4) is 0 Å². The van der Waals surface area contributed by atoms with Gasteiger partial charge in [0.05, 0.1) is 12.8 Å². The van der Waals surface area contributed by atoms with E-state index in [4.69, 9.17) is 4.74 Å². The minimum absolute atomic E-state index is 0.106. The molecule has 1 aromatic carbocycles. The number of anilines is 1. The van der Waals surface area contributed by atoms with E-state index < -0.39 is 0 Å². The molecule has 0 bridgehead atoms.